The predicted octanol–water partition coefficient (Wildman–Crippen LogP) is 2.80. The maximum atomic E-state index is 5.80. The second-order valence-electron chi connectivity index (χ2n) is 4.46. The van der Waals surface area contributed by atoms with E-state index in [1.807, 2.05) is 12.1 Å². The number of ether oxygens (including phenoxy) is 1. The zero-order chi connectivity index (χ0) is 12.3. The van der Waals surface area contributed by atoms with Gasteiger partial charge in [0.1, 0.15) is 5.75 Å². The monoisotopic (exact) mass is 334 g/mol. The first kappa shape index (κ1) is 15.8. The molecule has 0 aliphatic carbocycles. The van der Waals surface area contributed by atoms with Gasteiger partial charge in [0.25, 0.3) is 0 Å². The molecule has 102 valence electrons. The Bertz CT molecular complexity index is 389. The summed E-state index contributed by atoms with van der Waals surface area (Å²) in [4.78, 5) is 2.45. The van der Waals surface area contributed by atoms with Crippen molar-refractivity contribution in [1.82, 2.24) is 4.90 Å². The maximum Gasteiger partial charge on any atom is 0.123 e. The van der Waals surface area contributed by atoms with Crippen molar-refractivity contribution in [3.05, 3.63) is 28.2 Å². The lowest BCUT2D eigenvalue weighted by molar-refractivity contribution is 0.246. The van der Waals surface area contributed by atoms with Crippen molar-refractivity contribution in [1.29, 1.82) is 0 Å². The zero-order valence-corrected chi connectivity index (χ0v) is 13.0. The van der Waals surface area contributed by atoms with Crippen LogP contribution in [0.1, 0.15) is 18.4 Å². The van der Waals surface area contributed by atoms with Gasteiger partial charge in [0.15, 0.2) is 0 Å². The number of nitrogens with two attached hydrogens (primary N) is 1. The highest BCUT2D eigenvalue weighted by molar-refractivity contribution is 9.10. The maximum absolute atomic E-state index is 5.80. The van der Waals surface area contributed by atoms with Gasteiger partial charge in [-0.2, -0.15) is 0 Å². The lowest BCUT2D eigenvalue weighted by Crippen LogP contribution is -2.34. The summed E-state index contributed by atoms with van der Waals surface area (Å²) in [6.45, 7) is 2.80. The lowest BCUT2D eigenvalue weighted by atomic mass is 10.1. The standard InChI is InChI=1S/C13H19BrN2O.ClH/c1-17-13-5-4-11(14)7-10(13)9-16-6-2-3-12(16)8-15;/h4-5,7,12H,2-3,6,8-9,15H2,1H3;1H. The first-order valence-corrected chi connectivity index (χ1v) is 6.80. The summed E-state index contributed by atoms with van der Waals surface area (Å²) in [5.74, 6) is 0.955. The van der Waals surface area contributed by atoms with Crippen LogP contribution < -0.4 is 10.5 Å². The zero-order valence-electron chi connectivity index (χ0n) is 10.6. The van der Waals surface area contributed by atoms with Crippen LogP contribution in [0.2, 0.25) is 0 Å². The molecule has 1 aliphatic rings. The molecule has 0 spiro atoms. The molecule has 1 unspecified atom stereocenters. The number of nitrogens with zero attached hydrogens (tertiary/aromatic N) is 1. The smallest absolute Gasteiger partial charge is 0.123 e. The van der Waals surface area contributed by atoms with Gasteiger partial charge in [-0.1, -0.05) is 15.9 Å². The molecule has 1 aromatic carbocycles. The third-order valence-electron chi connectivity index (χ3n) is 3.39. The molecule has 2 rings (SSSR count). The fourth-order valence-corrected chi connectivity index (χ4v) is 2.87. The van der Waals surface area contributed by atoms with E-state index in [2.05, 4.69) is 26.9 Å². The molecule has 0 amide bonds. The average Bonchev–Trinajstić information content (AvgIpc) is 2.77. The van der Waals surface area contributed by atoms with E-state index >= 15 is 0 Å². The second-order valence-corrected chi connectivity index (χ2v) is 5.37. The molecular weight excluding hydrogens is 316 g/mol. The van der Waals surface area contributed by atoms with Crippen LogP contribution in [0, 0.1) is 0 Å². The van der Waals surface area contributed by atoms with Crippen LogP contribution in [0.15, 0.2) is 22.7 Å². The first-order valence-electron chi connectivity index (χ1n) is 6.01. The molecule has 3 nitrogen and oxygen atoms in total. The number of hydrogen-bond donors (Lipinski definition) is 1. The molecule has 18 heavy (non-hydrogen) atoms. The van der Waals surface area contributed by atoms with Crippen LogP contribution in [-0.2, 0) is 6.54 Å². The van der Waals surface area contributed by atoms with Gasteiger partial charge in [0.2, 0.25) is 0 Å². The van der Waals surface area contributed by atoms with Crippen molar-refractivity contribution in [3.63, 3.8) is 0 Å². The minimum Gasteiger partial charge on any atom is -0.496 e. The van der Waals surface area contributed by atoms with Crippen LogP contribution in [0.5, 0.6) is 5.75 Å². The average molecular weight is 336 g/mol. The number of benzene rings is 1. The van der Waals surface area contributed by atoms with Crippen LogP contribution >= 0.6 is 28.3 Å². The summed E-state index contributed by atoms with van der Waals surface area (Å²) in [6.07, 6.45) is 2.46. The van der Waals surface area contributed by atoms with E-state index in [9.17, 15) is 0 Å². The minimum atomic E-state index is 0. The number of hydrogen-bond acceptors (Lipinski definition) is 3. The molecule has 0 bridgehead atoms. The highest BCUT2D eigenvalue weighted by atomic mass is 79.9. The van der Waals surface area contributed by atoms with Crippen LogP contribution in [0.3, 0.4) is 0 Å². The summed E-state index contributed by atoms with van der Waals surface area (Å²) < 4.78 is 6.50. The molecule has 5 heteroatoms. The Labute approximate surface area is 123 Å². The van der Waals surface area contributed by atoms with E-state index in [0.717, 1.165) is 29.9 Å². The van der Waals surface area contributed by atoms with Crippen molar-refractivity contribution in [2.75, 3.05) is 20.2 Å². The summed E-state index contributed by atoms with van der Waals surface area (Å²) in [5, 5.41) is 0. The van der Waals surface area contributed by atoms with Crippen molar-refractivity contribution >= 4 is 28.3 Å². The van der Waals surface area contributed by atoms with Crippen LogP contribution in [0.25, 0.3) is 0 Å². The van der Waals surface area contributed by atoms with Gasteiger partial charge in [-0.25, -0.2) is 0 Å². The number of halogens is 2. The van der Waals surface area contributed by atoms with Gasteiger partial charge >= 0.3 is 0 Å². The molecule has 0 radical (unpaired) electrons. The van der Waals surface area contributed by atoms with Crippen LogP contribution in [-0.4, -0.2) is 31.1 Å². The van der Waals surface area contributed by atoms with E-state index in [-0.39, 0.29) is 12.4 Å². The third kappa shape index (κ3) is 3.60. The predicted molar refractivity (Wildman–Crippen MR) is 80.4 cm³/mol. The summed E-state index contributed by atoms with van der Waals surface area (Å²) in [6, 6.07) is 6.67. The van der Waals surface area contributed by atoms with E-state index in [0.29, 0.717) is 6.04 Å². The number of likely N-dealkylation sites (tertiary alicyclic amines) is 1. The third-order valence-corrected chi connectivity index (χ3v) is 3.88. The van der Waals surface area contributed by atoms with Crippen molar-refractivity contribution in [2.45, 2.75) is 25.4 Å². The van der Waals surface area contributed by atoms with Gasteiger partial charge in [-0.15, -0.1) is 12.4 Å². The van der Waals surface area contributed by atoms with Gasteiger partial charge in [0, 0.05) is 29.2 Å². The van der Waals surface area contributed by atoms with Gasteiger partial charge in [0.05, 0.1) is 7.11 Å². The molecule has 1 heterocycles. The Morgan fingerprint density at radius 3 is 2.94 bits per heavy atom. The first-order chi connectivity index (χ1) is 8.24. The largest absolute Gasteiger partial charge is 0.496 e. The fourth-order valence-electron chi connectivity index (χ4n) is 2.46. The highest BCUT2D eigenvalue weighted by Gasteiger charge is 2.23. The van der Waals surface area contributed by atoms with Gasteiger partial charge in [-0.3, -0.25) is 4.90 Å². The van der Waals surface area contributed by atoms with Crippen molar-refractivity contribution in [3.8, 4) is 5.75 Å². The second kappa shape index (κ2) is 7.34. The van der Waals surface area contributed by atoms with Crippen molar-refractivity contribution in [2.24, 2.45) is 5.73 Å². The highest BCUT2D eigenvalue weighted by Crippen LogP contribution is 2.27. The summed E-state index contributed by atoms with van der Waals surface area (Å²) in [7, 11) is 1.72. The van der Waals surface area contributed by atoms with Crippen LogP contribution in [0.4, 0.5) is 0 Å². The molecule has 0 aromatic heterocycles. The van der Waals surface area contributed by atoms with E-state index in [1.54, 1.807) is 7.11 Å². The molecule has 2 N–H and O–H groups in total. The molecule has 1 fully saturated rings. The Hall–Kier alpha value is -0.290. The Kier molecular flexibility index (Phi) is 6.43. The Morgan fingerprint density at radius 2 is 2.28 bits per heavy atom. The van der Waals surface area contributed by atoms with E-state index in [1.165, 1.54) is 18.4 Å². The quantitative estimate of drug-likeness (QED) is 0.919. The normalized spacial score (nSPS) is 19.6. The molecule has 1 aromatic rings. The van der Waals surface area contributed by atoms with Gasteiger partial charge < -0.3 is 10.5 Å². The van der Waals surface area contributed by atoms with E-state index < -0.39 is 0 Å². The molecule has 0 saturated carbocycles. The summed E-state index contributed by atoms with van der Waals surface area (Å²) >= 11 is 3.51. The Balaban J connectivity index is 0.00000162. The Morgan fingerprint density at radius 1 is 1.50 bits per heavy atom. The SMILES string of the molecule is COc1ccc(Br)cc1CN1CCCC1CN.Cl. The fraction of sp³-hybridized carbons (Fsp3) is 0.538. The van der Waals surface area contributed by atoms with E-state index in [4.69, 9.17) is 10.5 Å². The summed E-state index contributed by atoms with van der Waals surface area (Å²) in [5.41, 5.74) is 7.02. The topological polar surface area (TPSA) is 38.5 Å². The number of rotatable bonds is 4. The van der Waals surface area contributed by atoms with Gasteiger partial charge in [-0.05, 0) is 37.6 Å². The molecule has 1 aliphatic heterocycles. The molecule has 1 saturated heterocycles. The molecular formula is C13H20BrClN2O. The minimum absolute atomic E-state index is 0. The number of methoxy groups -OCH3 is 1. The molecule has 1 atom stereocenters. The van der Waals surface area contributed by atoms with Crippen molar-refractivity contribution < 1.29 is 4.74 Å². The lowest BCUT2D eigenvalue weighted by Gasteiger charge is -2.24.